The largest absolute Gasteiger partial charge is 0.478 e. The number of nitrogens with zero attached hydrogens (tertiary/aromatic N) is 1. The Morgan fingerprint density at radius 3 is 2.70 bits per heavy atom. The Morgan fingerprint density at radius 2 is 2.05 bits per heavy atom. The van der Waals surface area contributed by atoms with E-state index in [-0.39, 0.29) is 17.0 Å². The van der Waals surface area contributed by atoms with Crippen molar-refractivity contribution in [3.05, 3.63) is 35.4 Å². The first kappa shape index (κ1) is 14.5. The third kappa shape index (κ3) is 3.17. The highest BCUT2D eigenvalue weighted by molar-refractivity contribution is 6.04. The van der Waals surface area contributed by atoms with Crippen molar-refractivity contribution in [2.75, 3.05) is 26.8 Å². The number of aromatic carboxylic acids is 1. The quantitative estimate of drug-likeness (QED) is 0.912. The van der Waals surface area contributed by atoms with Gasteiger partial charge in [0, 0.05) is 20.2 Å². The average Bonchev–Trinajstić information content (AvgIpc) is 2.47. The highest BCUT2D eigenvalue weighted by atomic mass is 16.5. The van der Waals surface area contributed by atoms with Gasteiger partial charge in [-0.25, -0.2) is 4.79 Å². The Balaban J connectivity index is 2.17. The molecular formula is C15H19NO4. The Labute approximate surface area is 118 Å². The summed E-state index contributed by atoms with van der Waals surface area (Å²) >= 11 is 0. The van der Waals surface area contributed by atoms with Crippen molar-refractivity contribution in [3.8, 4) is 0 Å². The summed E-state index contributed by atoms with van der Waals surface area (Å²) in [7, 11) is 1.65. The van der Waals surface area contributed by atoms with Crippen LogP contribution in [0.15, 0.2) is 24.3 Å². The molecule has 1 aliphatic rings. The van der Waals surface area contributed by atoms with E-state index in [1.54, 1.807) is 30.2 Å². The second-order valence-electron chi connectivity index (χ2n) is 5.07. The zero-order valence-electron chi connectivity index (χ0n) is 11.5. The lowest BCUT2D eigenvalue weighted by molar-refractivity contribution is 0.0559. The molecule has 1 amide bonds. The van der Waals surface area contributed by atoms with E-state index in [1.165, 1.54) is 6.07 Å². The summed E-state index contributed by atoms with van der Waals surface area (Å²) in [6, 6.07) is 6.36. The lowest BCUT2D eigenvalue weighted by Gasteiger charge is -2.32. The normalized spacial score (nSPS) is 18.9. The molecule has 0 bridgehead atoms. The number of carbonyl (C=O) groups excluding carboxylic acids is 1. The second-order valence-corrected chi connectivity index (χ2v) is 5.07. The number of amides is 1. The van der Waals surface area contributed by atoms with Gasteiger partial charge in [0.15, 0.2) is 0 Å². The first-order valence-corrected chi connectivity index (χ1v) is 6.74. The molecule has 1 aromatic rings. The van der Waals surface area contributed by atoms with Crippen molar-refractivity contribution in [1.29, 1.82) is 0 Å². The number of rotatable bonds is 4. The fourth-order valence-electron chi connectivity index (χ4n) is 2.65. The molecule has 0 aromatic heterocycles. The van der Waals surface area contributed by atoms with Gasteiger partial charge in [-0.3, -0.25) is 4.79 Å². The number of benzene rings is 1. The summed E-state index contributed by atoms with van der Waals surface area (Å²) in [6.45, 7) is 1.93. The Hall–Kier alpha value is -1.88. The standard InChI is InChI=1S/C15H19NO4/c1-20-10-11-5-4-8-16(9-11)14(17)12-6-2-3-7-13(12)15(18)19/h2-3,6-7,11H,4-5,8-10H2,1H3,(H,18,19). The van der Waals surface area contributed by atoms with Gasteiger partial charge >= 0.3 is 5.97 Å². The molecule has 20 heavy (non-hydrogen) atoms. The summed E-state index contributed by atoms with van der Waals surface area (Å²) in [6.07, 6.45) is 1.97. The molecular weight excluding hydrogens is 258 g/mol. The predicted molar refractivity (Wildman–Crippen MR) is 73.9 cm³/mol. The van der Waals surface area contributed by atoms with E-state index >= 15 is 0 Å². The van der Waals surface area contributed by atoms with Crippen LogP contribution in [0.4, 0.5) is 0 Å². The summed E-state index contributed by atoms with van der Waals surface area (Å²) in [5.41, 5.74) is 0.324. The van der Waals surface area contributed by atoms with Crippen LogP contribution in [0.1, 0.15) is 33.6 Å². The third-order valence-electron chi connectivity index (χ3n) is 3.60. The topological polar surface area (TPSA) is 66.8 Å². The molecule has 1 saturated heterocycles. The van der Waals surface area contributed by atoms with Crippen LogP contribution in [0.5, 0.6) is 0 Å². The van der Waals surface area contributed by atoms with Crippen LogP contribution in [-0.2, 0) is 4.74 Å². The summed E-state index contributed by atoms with van der Waals surface area (Å²) < 4.78 is 5.14. The van der Waals surface area contributed by atoms with E-state index in [0.29, 0.717) is 25.6 Å². The zero-order chi connectivity index (χ0) is 14.5. The number of ether oxygens (including phenoxy) is 1. The minimum absolute atomic E-state index is 0.0614. The van der Waals surface area contributed by atoms with Crippen LogP contribution in [0.3, 0.4) is 0 Å². The highest BCUT2D eigenvalue weighted by Crippen LogP contribution is 2.20. The van der Waals surface area contributed by atoms with Crippen LogP contribution in [0.2, 0.25) is 0 Å². The van der Waals surface area contributed by atoms with Crippen LogP contribution in [-0.4, -0.2) is 48.7 Å². The summed E-state index contributed by atoms with van der Waals surface area (Å²) in [5.74, 6) is -0.946. The van der Waals surface area contributed by atoms with Gasteiger partial charge in [-0.05, 0) is 30.9 Å². The summed E-state index contributed by atoms with van der Waals surface area (Å²) in [4.78, 5) is 25.4. The SMILES string of the molecule is COCC1CCCN(C(=O)c2ccccc2C(=O)O)C1. The van der Waals surface area contributed by atoms with Crippen molar-refractivity contribution in [2.24, 2.45) is 5.92 Å². The fraction of sp³-hybridized carbons (Fsp3) is 0.467. The van der Waals surface area contributed by atoms with Crippen molar-refractivity contribution >= 4 is 11.9 Å². The number of likely N-dealkylation sites (tertiary alicyclic amines) is 1. The molecule has 1 N–H and O–H groups in total. The molecule has 0 aliphatic carbocycles. The van der Waals surface area contributed by atoms with Gasteiger partial charge in [-0.1, -0.05) is 12.1 Å². The number of hydrogen-bond donors (Lipinski definition) is 1. The zero-order valence-corrected chi connectivity index (χ0v) is 11.5. The average molecular weight is 277 g/mol. The van der Waals surface area contributed by atoms with Crippen molar-refractivity contribution < 1.29 is 19.4 Å². The molecule has 1 fully saturated rings. The van der Waals surface area contributed by atoms with Crippen LogP contribution in [0.25, 0.3) is 0 Å². The van der Waals surface area contributed by atoms with Gasteiger partial charge in [0.25, 0.3) is 5.91 Å². The van der Waals surface area contributed by atoms with Crippen molar-refractivity contribution in [1.82, 2.24) is 4.90 Å². The number of carbonyl (C=O) groups is 2. The molecule has 0 radical (unpaired) electrons. The van der Waals surface area contributed by atoms with Crippen molar-refractivity contribution in [3.63, 3.8) is 0 Å². The maximum absolute atomic E-state index is 12.5. The van der Waals surface area contributed by atoms with Gasteiger partial charge in [0.1, 0.15) is 0 Å². The molecule has 5 nitrogen and oxygen atoms in total. The molecule has 1 unspecified atom stereocenters. The maximum Gasteiger partial charge on any atom is 0.336 e. The first-order valence-electron chi connectivity index (χ1n) is 6.74. The molecule has 108 valence electrons. The highest BCUT2D eigenvalue weighted by Gasteiger charge is 2.26. The number of piperidine rings is 1. The molecule has 1 aliphatic heterocycles. The van der Waals surface area contributed by atoms with E-state index in [9.17, 15) is 9.59 Å². The van der Waals surface area contributed by atoms with Gasteiger partial charge < -0.3 is 14.7 Å². The predicted octanol–water partition coefficient (Wildman–Crippen LogP) is 1.88. The number of methoxy groups -OCH3 is 1. The molecule has 0 saturated carbocycles. The third-order valence-corrected chi connectivity index (χ3v) is 3.60. The smallest absolute Gasteiger partial charge is 0.336 e. The number of hydrogen-bond acceptors (Lipinski definition) is 3. The van der Waals surface area contributed by atoms with Crippen LogP contribution in [0, 0.1) is 5.92 Å². The fourth-order valence-corrected chi connectivity index (χ4v) is 2.65. The van der Waals surface area contributed by atoms with E-state index in [1.807, 2.05) is 0 Å². The second kappa shape index (κ2) is 6.52. The minimum Gasteiger partial charge on any atom is -0.478 e. The molecule has 1 aromatic carbocycles. The van der Waals surface area contributed by atoms with Gasteiger partial charge in [0.2, 0.25) is 0 Å². The van der Waals surface area contributed by atoms with E-state index in [0.717, 1.165) is 12.8 Å². The Bertz CT molecular complexity index is 498. The molecule has 1 atom stereocenters. The Kier molecular flexibility index (Phi) is 4.74. The molecule has 2 rings (SSSR count). The lowest BCUT2D eigenvalue weighted by atomic mass is 9.97. The van der Waals surface area contributed by atoms with Gasteiger partial charge in [-0.2, -0.15) is 0 Å². The van der Waals surface area contributed by atoms with E-state index < -0.39 is 5.97 Å². The van der Waals surface area contributed by atoms with E-state index in [4.69, 9.17) is 9.84 Å². The lowest BCUT2D eigenvalue weighted by Crippen LogP contribution is -2.41. The maximum atomic E-state index is 12.5. The van der Waals surface area contributed by atoms with Crippen LogP contribution < -0.4 is 0 Å². The molecule has 0 spiro atoms. The number of carboxylic acid groups (broad SMARTS) is 1. The Morgan fingerprint density at radius 1 is 1.35 bits per heavy atom. The van der Waals surface area contributed by atoms with Gasteiger partial charge in [0.05, 0.1) is 17.7 Å². The van der Waals surface area contributed by atoms with E-state index in [2.05, 4.69) is 0 Å². The molecule has 1 heterocycles. The summed E-state index contributed by atoms with van der Waals surface area (Å²) in [5, 5.41) is 9.16. The molecule has 5 heteroatoms. The van der Waals surface area contributed by atoms with Crippen LogP contribution >= 0.6 is 0 Å². The first-order chi connectivity index (χ1) is 9.63. The van der Waals surface area contributed by atoms with Gasteiger partial charge in [-0.15, -0.1) is 0 Å². The van der Waals surface area contributed by atoms with Crippen molar-refractivity contribution in [2.45, 2.75) is 12.8 Å². The monoisotopic (exact) mass is 277 g/mol. The minimum atomic E-state index is -1.07. The number of carboxylic acids is 1.